The lowest BCUT2D eigenvalue weighted by Crippen LogP contribution is -2.28. The van der Waals surface area contributed by atoms with Crippen LogP contribution in [0.15, 0.2) is 24.3 Å². The highest BCUT2D eigenvalue weighted by atomic mass is 16.5. The van der Waals surface area contributed by atoms with Gasteiger partial charge in [-0.1, -0.05) is 141 Å². The molecule has 0 rings (SSSR count). The number of nitrogens with one attached hydrogen (secondary N) is 1. The van der Waals surface area contributed by atoms with Gasteiger partial charge in [0.25, 0.3) is 0 Å². The number of carboxylic acids is 1. The van der Waals surface area contributed by atoms with E-state index in [0.717, 1.165) is 51.4 Å². The van der Waals surface area contributed by atoms with Crippen molar-refractivity contribution >= 4 is 17.8 Å². The van der Waals surface area contributed by atoms with E-state index in [0.29, 0.717) is 12.8 Å². The topological polar surface area (TPSA) is 92.7 Å². The number of hydrogen-bond acceptors (Lipinski definition) is 4. The Bertz CT molecular complexity index is 763. The Balaban J connectivity index is 3.94. The molecule has 0 aliphatic rings. The summed E-state index contributed by atoms with van der Waals surface area (Å²) in [7, 11) is 0. The Kier molecular flexibility index (Phi) is 34.1. The minimum absolute atomic E-state index is 0.0863. The molecule has 0 aromatic rings. The molecule has 0 saturated heterocycles. The first-order chi connectivity index (χ1) is 22.5. The first kappa shape index (κ1) is 43.9. The van der Waals surface area contributed by atoms with Crippen LogP contribution in [0.2, 0.25) is 0 Å². The molecule has 2 N–H and O–H groups in total. The molecule has 1 amide bonds. The summed E-state index contributed by atoms with van der Waals surface area (Å²) in [6, 6.07) is 0. The lowest BCUT2D eigenvalue weighted by molar-refractivity contribution is -0.147. The molecule has 0 saturated carbocycles. The molecule has 46 heavy (non-hydrogen) atoms. The van der Waals surface area contributed by atoms with Gasteiger partial charge in [0.2, 0.25) is 5.91 Å². The van der Waals surface area contributed by atoms with E-state index in [1.54, 1.807) is 0 Å². The van der Waals surface area contributed by atoms with Gasteiger partial charge in [-0.15, -0.1) is 0 Å². The molecule has 0 aromatic heterocycles. The quantitative estimate of drug-likeness (QED) is 0.0405. The summed E-state index contributed by atoms with van der Waals surface area (Å²) in [5.41, 5.74) is 0. The SMILES string of the molecule is CCCCCC/C=C\C(CCCCCCC(=O)NCC(=O)O)OC(=O)CCCCCCCCCCC/C=C\CCCCCCCC. The van der Waals surface area contributed by atoms with Crippen LogP contribution in [0, 0.1) is 0 Å². The second kappa shape index (κ2) is 35.7. The number of rotatable bonds is 35. The molecule has 0 aliphatic heterocycles. The fourth-order valence-electron chi connectivity index (χ4n) is 5.65. The van der Waals surface area contributed by atoms with Gasteiger partial charge < -0.3 is 15.2 Å². The summed E-state index contributed by atoms with van der Waals surface area (Å²) in [5, 5.41) is 11.0. The molecule has 0 aliphatic carbocycles. The van der Waals surface area contributed by atoms with E-state index in [2.05, 4.69) is 43.5 Å². The molecule has 0 heterocycles. The Labute approximate surface area is 284 Å². The number of carbonyl (C=O) groups is 3. The summed E-state index contributed by atoms with van der Waals surface area (Å²) >= 11 is 0. The summed E-state index contributed by atoms with van der Waals surface area (Å²) in [6.45, 7) is 4.16. The van der Waals surface area contributed by atoms with Crippen molar-refractivity contribution in [2.75, 3.05) is 6.54 Å². The van der Waals surface area contributed by atoms with Crippen molar-refractivity contribution < 1.29 is 24.2 Å². The van der Waals surface area contributed by atoms with Crippen LogP contribution in [0.5, 0.6) is 0 Å². The van der Waals surface area contributed by atoms with E-state index in [-0.39, 0.29) is 24.5 Å². The minimum atomic E-state index is -1.03. The van der Waals surface area contributed by atoms with Crippen molar-refractivity contribution in [1.29, 1.82) is 0 Å². The molecule has 0 bridgehead atoms. The molecule has 268 valence electrons. The van der Waals surface area contributed by atoms with Crippen molar-refractivity contribution in [2.45, 2.75) is 206 Å². The Morgan fingerprint density at radius 2 is 1.00 bits per heavy atom. The number of aliphatic carboxylic acids is 1. The van der Waals surface area contributed by atoms with E-state index in [1.165, 1.54) is 122 Å². The highest BCUT2D eigenvalue weighted by Crippen LogP contribution is 2.16. The van der Waals surface area contributed by atoms with Crippen molar-refractivity contribution in [3.63, 3.8) is 0 Å². The third kappa shape index (κ3) is 34.8. The molecule has 0 fully saturated rings. The number of esters is 1. The van der Waals surface area contributed by atoms with Crippen LogP contribution < -0.4 is 5.32 Å². The van der Waals surface area contributed by atoms with Gasteiger partial charge in [0.05, 0.1) is 0 Å². The predicted molar refractivity (Wildman–Crippen MR) is 194 cm³/mol. The maximum atomic E-state index is 12.6. The first-order valence-electron chi connectivity index (χ1n) is 19.5. The summed E-state index contributed by atoms with van der Waals surface area (Å²) < 4.78 is 5.86. The maximum absolute atomic E-state index is 12.6. The molecule has 6 nitrogen and oxygen atoms in total. The summed E-state index contributed by atoms with van der Waals surface area (Å²) in [5.74, 6) is -1.33. The van der Waals surface area contributed by atoms with Gasteiger partial charge in [-0.05, 0) is 70.3 Å². The largest absolute Gasteiger partial charge is 0.480 e. The average molecular weight is 648 g/mol. The van der Waals surface area contributed by atoms with Crippen LogP contribution in [0.3, 0.4) is 0 Å². The third-order valence-electron chi connectivity index (χ3n) is 8.58. The lowest BCUT2D eigenvalue weighted by atomic mass is 10.1. The standard InChI is InChI=1S/C40H73NO5/c1-3-5-7-9-11-12-13-14-15-16-17-18-19-20-21-22-23-25-31-35-40(45)46-37(32-28-24-10-8-6-4-2)33-29-26-27-30-34-38(42)41-36-39(43)44/h14-15,28,32,37H,3-13,16-27,29-31,33-36H2,1-2H3,(H,41,42)(H,43,44)/b15-14-,32-28-. The fraction of sp³-hybridized carbons (Fsp3) is 0.825. The van der Waals surface area contributed by atoms with Crippen LogP contribution in [0.25, 0.3) is 0 Å². The Morgan fingerprint density at radius 3 is 1.54 bits per heavy atom. The number of unbranched alkanes of at least 4 members (excludes halogenated alkanes) is 22. The van der Waals surface area contributed by atoms with E-state index in [4.69, 9.17) is 9.84 Å². The highest BCUT2D eigenvalue weighted by Gasteiger charge is 2.12. The van der Waals surface area contributed by atoms with Crippen LogP contribution in [-0.2, 0) is 19.1 Å². The molecule has 0 radical (unpaired) electrons. The van der Waals surface area contributed by atoms with Crippen LogP contribution in [0.4, 0.5) is 0 Å². The zero-order chi connectivity index (χ0) is 33.8. The molecule has 1 atom stereocenters. The molecule has 1 unspecified atom stereocenters. The molecule has 6 heteroatoms. The normalized spacial score (nSPS) is 12.2. The van der Waals surface area contributed by atoms with E-state index in [9.17, 15) is 14.4 Å². The Morgan fingerprint density at radius 1 is 0.565 bits per heavy atom. The minimum Gasteiger partial charge on any atom is -0.480 e. The maximum Gasteiger partial charge on any atom is 0.322 e. The fourth-order valence-corrected chi connectivity index (χ4v) is 5.65. The van der Waals surface area contributed by atoms with Crippen molar-refractivity contribution in [3.05, 3.63) is 24.3 Å². The van der Waals surface area contributed by atoms with Gasteiger partial charge in [0.15, 0.2) is 0 Å². The van der Waals surface area contributed by atoms with Crippen molar-refractivity contribution in [2.24, 2.45) is 0 Å². The van der Waals surface area contributed by atoms with E-state index >= 15 is 0 Å². The summed E-state index contributed by atoms with van der Waals surface area (Å²) in [4.78, 5) is 34.8. The number of allylic oxidation sites excluding steroid dienone is 3. The van der Waals surface area contributed by atoms with Gasteiger partial charge in [0, 0.05) is 12.8 Å². The molecule has 0 spiro atoms. The number of hydrogen-bond donors (Lipinski definition) is 2. The summed E-state index contributed by atoms with van der Waals surface area (Å²) in [6.07, 6.45) is 41.8. The molecular formula is C40H73NO5. The highest BCUT2D eigenvalue weighted by molar-refractivity contribution is 5.80. The molecule has 0 aromatic carbocycles. The van der Waals surface area contributed by atoms with Gasteiger partial charge in [-0.25, -0.2) is 0 Å². The van der Waals surface area contributed by atoms with Crippen LogP contribution >= 0.6 is 0 Å². The predicted octanol–water partition coefficient (Wildman–Crippen LogP) is 11.6. The second-order valence-corrected chi connectivity index (χ2v) is 13.2. The van der Waals surface area contributed by atoms with Gasteiger partial charge in [0.1, 0.15) is 12.6 Å². The van der Waals surface area contributed by atoms with Crippen LogP contribution in [-0.4, -0.2) is 35.6 Å². The number of carbonyl (C=O) groups excluding carboxylic acids is 2. The average Bonchev–Trinajstić information content (AvgIpc) is 3.04. The van der Waals surface area contributed by atoms with Gasteiger partial charge >= 0.3 is 11.9 Å². The van der Waals surface area contributed by atoms with Gasteiger partial charge in [-0.3, -0.25) is 14.4 Å². The van der Waals surface area contributed by atoms with Crippen LogP contribution in [0.1, 0.15) is 200 Å². The molecular weight excluding hydrogens is 574 g/mol. The van der Waals surface area contributed by atoms with Crippen molar-refractivity contribution in [1.82, 2.24) is 5.32 Å². The van der Waals surface area contributed by atoms with E-state index < -0.39 is 5.97 Å². The van der Waals surface area contributed by atoms with Gasteiger partial charge in [-0.2, -0.15) is 0 Å². The number of carboxylic acid groups (broad SMARTS) is 1. The van der Waals surface area contributed by atoms with Crippen molar-refractivity contribution in [3.8, 4) is 0 Å². The Hall–Kier alpha value is -2.11. The first-order valence-corrected chi connectivity index (χ1v) is 19.5. The zero-order valence-corrected chi connectivity index (χ0v) is 30.2. The monoisotopic (exact) mass is 648 g/mol. The second-order valence-electron chi connectivity index (χ2n) is 13.2. The zero-order valence-electron chi connectivity index (χ0n) is 30.2. The lowest BCUT2D eigenvalue weighted by Gasteiger charge is -2.15. The number of amides is 1. The van der Waals surface area contributed by atoms with E-state index in [1.807, 2.05) is 0 Å². The smallest absolute Gasteiger partial charge is 0.322 e. The number of ether oxygens (including phenoxy) is 1. The third-order valence-corrected chi connectivity index (χ3v) is 8.58.